The summed E-state index contributed by atoms with van der Waals surface area (Å²) in [5.74, 6) is 0.607. The largest absolute Gasteiger partial charge is 0.497 e. The van der Waals surface area contributed by atoms with Gasteiger partial charge >= 0.3 is 0 Å². The minimum atomic E-state index is -0.580. The number of rotatable bonds is 6. The lowest BCUT2D eigenvalue weighted by Gasteiger charge is -2.24. The maximum Gasteiger partial charge on any atom is 0.123 e. The van der Waals surface area contributed by atoms with Crippen molar-refractivity contribution < 1.29 is 14.2 Å². The van der Waals surface area contributed by atoms with Crippen LogP contribution in [0, 0.1) is 5.82 Å². The fourth-order valence-corrected chi connectivity index (χ4v) is 3.39. The lowest BCUT2D eigenvalue weighted by Crippen LogP contribution is -2.33. The van der Waals surface area contributed by atoms with Gasteiger partial charge in [0.05, 0.1) is 13.2 Å². The summed E-state index contributed by atoms with van der Waals surface area (Å²) in [5.41, 5.74) is 2.05. The molecule has 0 spiro atoms. The van der Waals surface area contributed by atoms with Gasteiger partial charge in [0.1, 0.15) is 11.6 Å². The zero-order valence-electron chi connectivity index (χ0n) is 15.3. The third-order valence-electron chi connectivity index (χ3n) is 4.93. The summed E-state index contributed by atoms with van der Waals surface area (Å²) in [6.07, 6.45) is 0.496. The summed E-state index contributed by atoms with van der Waals surface area (Å²) in [6, 6.07) is 14.3. The first-order chi connectivity index (χ1) is 12.6. The molecule has 140 valence electrons. The van der Waals surface area contributed by atoms with Gasteiger partial charge in [0.25, 0.3) is 0 Å². The van der Waals surface area contributed by atoms with Crippen molar-refractivity contribution >= 4 is 0 Å². The molecule has 1 atom stereocenters. The van der Waals surface area contributed by atoms with Crippen LogP contribution in [0.3, 0.4) is 0 Å². The van der Waals surface area contributed by atoms with Crippen molar-refractivity contribution in [1.82, 2.24) is 9.80 Å². The van der Waals surface area contributed by atoms with Crippen molar-refractivity contribution in [3.8, 4) is 5.75 Å². The molecule has 2 aromatic rings. The van der Waals surface area contributed by atoms with Crippen molar-refractivity contribution in [1.29, 1.82) is 0 Å². The van der Waals surface area contributed by atoms with E-state index in [1.165, 1.54) is 17.7 Å². The summed E-state index contributed by atoms with van der Waals surface area (Å²) < 4.78 is 18.2. The van der Waals surface area contributed by atoms with Gasteiger partial charge in [-0.05, 0) is 54.9 Å². The van der Waals surface area contributed by atoms with Crippen molar-refractivity contribution in [2.24, 2.45) is 0 Å². The van der Waals surface area contributed by atoms with Gasteiger partial charge in [0.2, 0.25) is 0 Å². The number of hydrogen-bond donors (Lipinski definition) is 1. The minimum absolute atomic E-state index is 0.273. The molecule has 0 radical (unpaired) electrons. The van der Waals surface area contributed by atoms with Gasteiger partial charge in [-0.1, -0.05) is 24.3 Å². The molecule has 1 heterocycles. The Kier molecular flexibility index (Phi) is 6.61. The standard InChI is InChI=1S/C21H27FN2O2/c1-26-20-9-3-17(4-10-20)15-23-11-2-12-24(14-13-23)16-21(25)18-5-7-19(22)8-6-18/h3-10,21,25H,2,11-16H2,1H3. The quantitative estimate of drug-likeness (QED) is 0.861. The van der Waals surface area contributed by atoms with E-state index in [0.717, 1.165) is 50.5 Å². The van der Waals surface area contributed by atoms with Crippen LogP contribution in [0.25, 0.3) is 0 Å². The number of methoxy groups -OCH3 is 1. The fourth-order valence-electron chi connectivity index (χ4n) is 3.39. The van der Waals surface area contributed by atoms with Gasteiger partial charge in [0.15, 0.2) is 0 Å². The molecule has 1 aliphatic heterocycles. The molecular weight excluding hydrogens is 331 g/mol. The molecule has 0 aromatic heterocycles. The van der Waals surface area contributed by atoms with E-state index in [1.54, 1.807) is 19.2 Å². The van der Waals surface area contributed by atoms with Crippen LogP contribution >= 0.6 is 0 Å². The average Bonchev–Trinajstić information content (AvgIpc) is 2.88. The van der Waals surface area contributed by atoms with Crippen molar-refractivity contribution in [2.75, 3.05) is 39.8 Å². The van der Waals surface area contributed by atoms with Gasteiger partial charge in [0, 0.05) is 26.2 Å². The summed E-state index contributed by atoms with van der Waals surface area (Å²) >= 11 is 0. The highest BCUT2D eigenvalue weighted by molar-refractivity contribution is 5.27. The molecule has 26 heavy (non-hydrogen) atoms. The van der Waals surface area contributed by atoms with E-state index in [-0.39, 0.29) is 5.82 Å². The number of benzene rings is 2. The molecule has 1 unspecified atom stereocenters. The second-order valence-electron chi connectivity index (χ2n) is 6.85. The highest BCUT2D eigenvalue weighted by atomic mass is 19.1. The fraction of sp³-hybridized carbons (Fsp3) is 0.429. The van der Waals surface area contributed by atoms with Crippen LogP contribution in [0.1, 0.15) is 23.7 Å². The molecule has 5 heteroatoms. The van der Waals surface area contributed by atoms with E-state index in [4.69, 9.17) is 4.74 Å². The van der Waals surface area contributed by atoms with Gasteiger partial charge in [-0.2, -0.15) is 0 Å². The topological polar surface area (TPSA) is 35.9 Å². The van der Waals surface area contributed by atoms with Crippen LogP contribution in [-0.4, -0.2) is 54.7 Å². The van der Waals surface area contributed by atoms with Crippen molar-refractivity contribution in [3.63, 3.8) is 0 Å². The van der Waals surface area contributed by atoms with Gasteiger partial charge in [-0.25, -0.2) is 4.39 Å². The summed E-state index contributed by atoms with van der Waals surface area (Å²) in [7, 11) is 1.68. The predicted molar refractivity (Wildman–Crippen MR) is 101 cm³/mol. The van der Waals surface area contributed by atoms with Gasteiger partial charge in [-0.3, -0.25) is 9.80 Å². The Labute approximate surface area is 154 Å². The molecule has 1 N–H and O–H groups in total. The first kappa shape index (κ1) is 18.8. The first-order valence-electron chi connectivity index (χ1n) is 9.15. The molecule has 0 bridgehead atoms. The normalized spacial score (nSPS) is 17.7. The Balaban J connectivity index is 1.50. The molecule has 3 rings (SSSR count). The second-order valence-corrected chi connectivity index (χ2v) is 6.85. The number of halogens is 1. The summed E-state index contributed by atoms with van der Waals surface area (Å²) in [4.78, 5) is 4.74. The SMILES string of the molecule is COc1ccc(CN2CCCN(CC(O)c3ccc(F)cc3)CC2)cc1. The van der Waals surface area contributed by atoms with E-state index < -0.39 is 6.10 Å². The average molecular weight is 358 g/mol. The number of aliphatic hydroxyl groups is 1. The van der Waals surface area contributed by atoms with Gasteiger partial charge in [-0.15, -0.1) is 0 Å². The van der Waals surface area contributed by atoms with E-state index >= 15 is 0 Å². The predicted octanol–water partition coefficient (Wildman–Crippen LogP) is 3.08. The van der Waals surface area contributed by atoms with Crippen molar-refractivity contribution in [2.45, 2.75) is 19.1 Å². The van der Waals surface area contributed by atoms with Gasteiger partial charge < -0.3 is 9.84 Å². The molecule has 0 amide bonds. The van der Waals surface area contributed by atoms with E-state index in [2.05, 4.69) is 21.9 Å². The minimum Gasteiger partial charge on any atom is -0.497 e. The molecule has 0 saturated carbocycles. The molecule has 1 fully saturated rings. The van der Waals surface area contributed by atoms with Crippen LogP contribution in [0.2, 0.25) is 0 Å². The molecule has 1 saturated heterocycles. The maximum absolute atomic E-state index is 13.0. The number of aliphatic hydroxyl groups excluding tert-OH is 1. The zero-order valence-corrected chi connectivity index (χ0v) is 15.3. The number of hydrogen-bond acceptors (Lipinski definition) is 4. The third kappa shape index (κ3) is 5.27. The molecule has 0 aliphatic carbocycles. The summed E-state index contributed by atoms with van der Waals surface area (Å²) in [6.45, 7) is 5.43. The van der Waals surface area contributed by atoms with E-state index in [9.17, 15) is 9.50 Å². The number of ether oxygens (including phenoxy) is 1. The summed E-state index contributed by atoms with van der Waals surface area (Å²) in [5, 5.41) is 10.4. The van der Waals surface area contributed by atoms with E-state index in [0.29, 0.717) is 6.54 Å². The Bertz CT molecular complexity index is 675. The van der Waals surface area contributed by atoms with Crippen LogP contribution in [0.5, 0.6) is 5.75 Å². The van der Waals surface area contributed by atoms with E-state index in [1.807, 2.05) is 12.1 Å². The number of nitrogens with zero attached hydrogens (tertiary/aromatic N) is 2. The second kappa shape index (κ2) is 9.12. The smallest absolute Gasteiger partial charge is 0.123 e. The highest BCUT2D eigenvalue weighted by Gasteiger charge is 2.18. The molecular formula is C21H27FN2O2. The Hall–Kier alpha value is -1.95. The van der Waals surface area contributed by atoms with Crippen LogP contribution in [0.4, 0.5) is 4.39 Å². The van der Waals surface area contributed by atoms with Crippen LogP contribution in [0.15, 0.2) is 48.5 Å². The molecule has 4 nitrogen and oxygen atoms in total. The van der Waals surface area contributed by atoms with Crippen molar-refractivity contribution in [3.05, 3.63) is 65.5 Å². The Morgan fingerprint density at radius 3 is 2.31 bits per heavy atom. The lowest BCUT2D eigenvalue weighted by atomic mass is 10.1. The van der Waals surface area contributed by atoms with Crippen LogP contribution < -0.4 is 4.74 Å². The lowest BCUT2D eigenvalue weighted by molar-refractivity contribution is 0.114. The monoisotopic (exact) mass is 358 g/mol. The Morgan fingerprint density at radius 1 is 0.962 bits per heavy atom. The first-order valence-corrected chi connectivity index (χ1v) is 9.15. The Morgan fingerprint density at radius 2 is 1.62 bits per heavy atom. The number of β-amino-alcohol motifs (C(OH)–C–C–N with tert-alkyl or cyclic N) is 1. The highest BCUT2D eigenvalue weighted by Crippen LogP contribution is 2.17. The zero-order chi connectivity index (χ0) is 18.4. The van der Waals surface area contributed by atoms with Crippen LogP contribution in [-0.2, 0) is 6.54 Å². The molecule has 1 aliphatic rings. The molecule has 2 aromatic carbocycles. The third-order valence-corrected chi connectivity index (χ3v) is 4.93. The maximum atomic E-state index is 13.0.